The second kappa shape index (κ2) is 22.4. The van der Waals surface area contributed by atoms with E-state index < -0.39 is 11.5 Å². The zero-order chi connectivity index (χ0) is 68.6. The smallest absolute Gasteiger partial charge is 0.252 e. The topological polar surface area (TPSA) is 6.48 Å². The van der Waals surface area contributed by atoms with Crippen LogP contribution in [0.2, 0.25) is 0 Å². The van der Waals surface area contributed by atoms with E-state index >= 15 is 0 Å². The number of benzene rings is 13. The highest BCUT2D eigenvalue weighted by Crippen LogP contribution is 2.60. The van der Waals surface area contributed by atoms with E-state index in [1.165, 1.54) is 61.1 Å². The lowest BCUT2D eigenvalue weighted by Crippen LogP contribution is -2.61. The summed E-state index contributed by atoms with van der Waals surface area (Å²) in [4.78, 5) is 5.08. The predicted molar refractivity (Wildman–Crippen MR) is 401 cm³/mol. The lowest BCUT2D eigenvalue weighted by atomic mass is 9.33. The van der Waals surface area contributed by atoms with Crippen molar-refractivity contribution in [3.05, 3.63) is 342 Å². The average molecular weight is 1210 g/mol. The number of hydrogen-bond acceptors (Lipinski definition) is 2. The Morgan fingerprint density at radius 1 is 0.319 bits per heavy atom. The number of anilines is 6. The Balaban J connectivity index is 1.08. The molecule has 0 aromatic heterocycles. The molecule has 0 spiro atoms. The van der Waals surface area contributed by atoms with Gasteiger partial charge in [-0.05, 0) is 164 Å². The monoisotopic (exact) mass is 1210 g/mol. The molecular formula is C91H77BN2. The molecule has 454 valence electrons. The molecule has 0 N–H and O–H groups in total. The van der Waals surface area contributed by atoms with Gasteiger partial charge in [0.1, 0.15) is 0 Å². The summed E-state index contributed by atoms with van der Waals surface area (Å²) >= 11 is 0. The summed E-state index contributed by atoms with van der Waals surface area (Å²) < 4.78 is 44.3. The van der Waals surface area contributed by atoms with E-state index in [4.69, 9.17) is 6.85 Å². The minimum atomic E-state index is -0.742. The molecule has 0 bridgehead atoms. The van der Waals surface area contributed by atoms with Gasteiger partial charge in [-0.3, -0.25) is 0 Å². The van der Waals surface area contributed by atoms with Gasteiger partial charge in [-0.1, -0.05) is 329 Å². The van der Waals surface area contributed by atoms with Crippen LogP contribution in [0.1, 0.15) is 108 Å². The van der Waals surface area contributed by atoms with E-state index in [1.54, 1.807) is 0 Å². The second-order valence-electron chi connectivity index (χ2n) is 28.9. The first-order valence-corrected chi connectivity index (χ1v) is 33.1. The van der Waals surface area contributed by atoms with Crippen LogP contribution in [0.15, 0.2) is 303 Å². The molecule has 0 saturated carbocycles. The number of rotatable bonds is 9. The number of fused-ring (bicyclic) bond motifs is 7. The predicted octanol–water partition coefficient (Wildman–Crippen LogP) is 22.4. The SMILES string of the molecule is [2H]c1c([2H])c([2H])c(-c2ccc(N3c4cc(C(C)(C)C)ccc4B4c5cc(-c6cc(C(C)(C)C)cc(C(C)(C)C)c6)ccc5N(c5c(-c6ccccc6)cccc5-c5ccccc5)c5cc(-c6cccc7c6C(c6ccccc6)(c6ccccc6)c6ccccc6-7)cc3c54)cc2)c([2H])c1[2H]. The normalized spacial score (nSPS) is 14.4. The van der Waals surface area contributed by atoms with Crippen LogP contribution in [0.5, 0.6) is 0 Å². The van der Waals surface area contributed by atoms with Crippen LogP contribution in [0.4, 0.5) is 34.1 Å². The van der Waals surface area contributed by atoms with Gasteiger partial charge >= 0.3 is 0 Å². The molecule has 0 fully saturated rings. The number of para-hydroxylation sites is 1. The molecule has 94 heavy (non-hydrogen) atoms. The molecule has 16 rings (SSSR count). The molecule has 1 aliphatic carbocycles. The van der Waals surface area contributed by atoms with Crippen molar-refractivity contribution in [2.24, 2.45) is 0 Å². The molecule has 2 heterocycles. The van der Waals surface area contributed by atoms with Crippen LogP contribution in [0.25, 0.3) is 66.8 Å². The Morgan fingerprint density at radius 3 is 1.41 bits per heavy atom. The molecule has 0 radical (unpaired) electrons. The highest BCUT2D eigenvalue weighted by molar-refractivity contribution is 7.00. The van der Waals surface area contributed by atoms with E-state index in [0.29, 0.717) is 5.56 Å². The summed E-state index contributed by atoms with van der Waals surface area (Å²) in [5, 5.41) is 0. The maximum absolute atomic E-state index is 9.16. The number of nitrogens with zero attached hydrogens (tertiary/aromatic N) is 2. The lowest BCUT2D eigenvalue weighted by Gasteiger charge is -2.46. The van der Waals surface area contributed by atoms with Crippen LogP contribution in [-0.2, 0) is 21.7 Å². The van der Waals surface area contributed by atoms with Crippen molar-refractivity contribution in [1.29, 1.82) is 0 Å². The van der Waals surface area contributed by atoms with Gasteiger partial charge in [0, 0.05) is 39.6 Å². The van der Waals surface area contributed by atoms with Crippen molar-refractivity contribution in [3.63, 3.8) is 0 Å². The molecule has 0 unspecified atom stereocenters. The first kappa shape index (κ1) is 53.1. The van der Waals surface area contributed by atoms with Gasteiger partial charge in [0.05, 0.1) is 18.0 Å². The summed E-state index contributed by atoms with van der Waals surface area (Å²) in [5.74, 6) is 0. The van der Waals surface area contributed by atoms with Crippen LogP contribution >= 0.6 is 0 Å². The highest BCUT2D eigenvalue weighted by Gasteiger charge is 2.49. The molecule has 0 amide bonds. The summed E-state index contributed by atoms with van der Waals surface area (Å²) in [6, 6.07) is 99.7. The lowest BCUT2D eigenvalue weighted by molar-refractivity contribution is 0.569. The van der Waals surface area contributed by atoms with Crippen LogP contribution in [0, 0.1) is 0 Å². The van der Waals surface area contributed by atoms with Crippen molar-refractivity contribution in [2.75, 3.05) is 9.80 Å². The number of hydrogen-bond donors (Lipinski definition) is 0. The van der Waals surface area contributed by atoms with E-state index in [9.17, 15) is 0 Å². The molecule has 2 aliphatic heterocycles. The maximum atomic E-state index is 9.16. The van der Waals surface area contributed by atoms with Gasteiger partial charge in [-0.25, -0.2) is 0 Å². The van der Waals surface area contributed by atoms with E-state index in [2.05, 4.69) is 333 Å². The Hall–Kier alpha value is -10.5. The Kier molecular flexibility index (Phi) is 12.6. The minimum absolute atomic E-state index is 0.117. The van der Waals surface area contributed by atoms with Gasteiger partial charge in [-0.2, -0.15) is 0 Å². The Morgan fingerprint density at radius 2 is 0.830 bits per heavy atom. The van der Waals surface area contributed by atoms with Gasteiger partial charge in [0.25, 0.3) is 6.71 Å². The van der Waals surface area contributed by atoms with Gasteiger partial charge in [0.2, 0.25) is 0 Å². The summed E-state index contributed by atoms with van der Waals surface area (Å²) in [6.07, 6.45) is 0. The minimum Gasteiger partial charge on any atom is -0.311 e. The van der Waals surface area contributed by atoms with E-state index in [-0.39, 0.29) is 52.7 Å². The average Bonchev–Trinajstić information content (AvgIpc) is 1.52. The van der Waals surface area contributed by atoms with Crippen LogP contribution in [0.3, 0.4) is 0 Å². The third-order valence-electron chi connectivity index (χ3n) is 20.1. The summed E-state index contributed by atoms with van der Waals surface area (Å²) in [6.45, 7) is 20.5. The zero-order valence-electron chi connectivity index (χ0n) is 60.0. The quantitative estimate of drug-likeness (QED) is 0.133. The molecule has 0 atom stereocenters. The van der Waals surface area contributed by atoms with Gasteiger partial charge in [0.15, 0.2) is 0 Å². The van der Waals surface area contributed by atoms with Crippen molar-refractivity contribution < 1.29 is 6.85 Å². The summed E-state index contributed by atoms with van der Waals surface area (Å²) in [7, 11) is 0. The first-order valence-electron chi connectivity index (χ1n) is 35.6. The van der Waals surface area contributed by atoms with Crippen molar-refractivity contribution in [3.8, 4) is 66.8 Å². The van der Waals surface area contributed by atoms with Crippen LogP contribution < -0.4 is 26.2 Å². The maximum Gasteiger partial charge on any atom is 0.252 e. The highest BCUT2D eigenvalue weighted by atomic mass is 15.2. The second-order valence-corrected chi connectivity index (χ2v) is 28.9. The third kappa shape index (κ3) is 9.61. The molecule has 3 heteroatoms. The van der Waals surface area contributed by atoms with Crippen molar-refractivity contribution in [1.82, 2.24) is 0 Å². The summed E-state index contributed by atoms with van der Waals surface area (Å²) in [5.41, 5.74) is 28.8. The Bertz CT molecular complexity index is 5220. The van der Waals surface area contributed by atoms with E-state index in [0.717, 1.165) is 84.0 Å². The first-order chi connectivity index (χ1) is 47.6. The van der Waals surface area contributed by atoms with Gasteiger partial charge in [-0.15, -0.1) is 0 Å². The molecule has 3 aliphatic rings. The largest absolute Gasteiger partial charge is 0.311 e. The van der Waals surface area contributed by atoms with Crippen molar-refractivity contribution >= 4 is 57.2 Å². The Labute approximate surface area is 563 Å². The fourth-order valence-electron chi connectivity index (χ4n) is 15.4. The molecule has 13 aromatic carbocycles. The fraction of sp³-hybridized carbons (Fsp3) is 0.143. The standard InChI is InChI=1S/C91H77BN2/c1-88(2,3)69-48-51-79-82(59-69)93(72-49-45-61(46-50-72)60-29-15-10-16-30-60)83-56-66(73-40-27-43-77-76-39-25-26-44-78(76)91(85(73)77,67-35-21-13-22-36-67)68-37-23-14-24-38-68)57-84-86(83)92(79)80-55-64(65-53-70(89(4,5)6)58-71(54-65)90(7,8)9)47-52-81(80)94(84)87-74(62-31-17-11-18-32-62)41-28-42-75(87)63-33-19-12-20-34-63/h10-59H,1-9H3/i10D,15D,16D,29D,30D. The van der Waals surface area contributed by atoms with Crippen LogP contribution in [-0.4, -0.2) is 6.71 Å². The molecule has 0 saturated heterocycles. The van der Waals surface area contributed by atoms with E-state index in [1.807, 2.05) is 12.1 Å². The van der Waals surface area contributed by atoms with Gasteiger partial charge < -0.3 is 9.80 Å². The molecule has 2 nitrogen and oxygen atoms in total. The van der Waals surface area contributed by atoms with Crippen molar-refractivity contribution in [2.45, 2.75) is 84.0 Å². The molecular weight excluding hydrogens is 1130 g/mol. The fourth-order valence-corrected chi connectivity index (χ4v) is 15.4. The zero-order valence-corrected chi connectivity index (χ0v) is 55.0. The molecule has 13 aromatic rings. The third-order valence-corrected chi connectivity index (χ3v) is 20.1.